The first-order chi connectivity index (χ1) is 10.0. The quantitative estimate of drug-likeness (QED) is 0.689. The molecule has 3 N–H and O–H groups in total. The van der Waals surface area contributed by atoms with E-state index in [1.54, 1.807) is 0 Å². The molecule has 0 bridgehead atoms. The van der Waals surface area contributed by atoms with Gasteiger partial charge in [0, 0.05) is 12.6 Å². The number of aryl methyl sites for hydroxylation is 1. The van der Waals surface area contributed by atoms with Crippen molar-refractivity contribution in [3.8, 4) is 0 Å². The number of carbonyl (C=O) groups excluding carboxylic acids is 1. The van der Waals surface area contributed by atoms with Crippen LogP contribution in [-0.2, 0) is 17.8 Å². The van der Waals surface area contributed by atoms with E-state index in [9.17, 15) is 9.59 Å². The first-order valence-corrected chi connectivity index (χ1v) is 7.39. The van der Waals surface area contributed by atoms with Crippen molar-refractivity contribution in [1.29, 1.82) is 0 Å². The molecule has 0 aromatic heterocycles. The number of carbonyl (C=O) groups is 2. The maximum absolute atomic E-state index is 11.8. The Bertz CT molecular complexity index is 457. The van der Waals surface area contributed by atoms with Gasteiger partial charge >= 0.3 is 12.0 Å². The Kier molecular flexibility index (Phi) is 7.29. The average Bonchev–Trinajstić information content (AvgIpc) is 2.45. The molecule has 1 atom stereocenters. The van der Waals surface area contributed by atoms with Crippen LogP contribution in [0, 0.1) is 0 Å². The van der Waals surface area contributed by atoms with Crippen LogP contribution in [0.4, 0.5) is 4.79 Å². The van der Waals surface area contributed by atoms with Gasteiger partial charge < -0.3 is 15.7 Å². The first kappa shape index (κ1) is 17.0. The van der Waals surface area contributed by atoms with Gasteiger partial charge in [0.25, 0.3) is 0 Å². The highest BCUT2D eigenvalue weighted by Gasteiger charge is 2.14. The summed E-state index contributed by atoms with van der Waals surface area (Å²) in [5.41, 5.74) is 2.28. The van der Waals surface area contributed by atoms with Crippen LogP contribution in [0.3, 0.4) is 0 Å². The van der Waals surface area contributed by atoms with Gasteiger partial charge in [0.1, 0.15) is 0 Å². The zero-order valence-electron chi connectivity index (χ0n) is 12.7. The zero-order valence-corrected chi connectivity index (χ0v) is 12.7. The SMILES string of the molecule is CCCC(CC(=O)O)NC(=O)NCc1ccc(CC)cc1. The van der Waals surface area contributed by atoms with Crippen molar-refractivity contribution in [3.63, 3.8) is 0 Å². The van der Waals surface area contributed by atoms with Gasteiger partial charge in [-0.1, -0.05) is 44.5 Å². The Labute approximate surface area is 125 Å². The van der Waals surface area contributed by atoms with Crippen molar-refractivity contribution in [2.45, 2.75) is 52.1 Å². The van der Waals surface area contributed by atoms with Gasteiger partial charge in [-0.05, 0) is 24.0 Å². The molecule has 0 heterocycles. The van der Waals surface area contributed by atoms with Gasteiger partial charge in [0.15, 0.2) is 0 Å². The molecule has 0 aliphatic heterocycles. The number of urea groups is 1. The van der Waals surface area contributed by atoms with E-state index in [0.29, 0.717) is 13.0 Å². The summed E-state index contributed by atoms with van der Waals surface area (Å²) in [5, 5.41) is 14.3. The Morgan fingerprint density at radius 3 is 2.29 bits per heavy atom. The molecule has 5 nitrogen and oxygen atoms in total. The van der Waals surface area contributed by atoms with Crippen LogP contribution in [0.15, 0.2) is 24.3 Å². The van der Waals surface area contributed by atoms with Crippen molar-refractivity contribution < 1.29 is 14.7 Å². The molecule has 1 rings (SSSR count). The number of nitrogens with one attached hydrogen (secondary N) is 2. The van der Waals surface area contributed by atoms with E-state index < -0.39 is 5.97 Å². The van der Waals surface area contributed by atoms with Gasteiger partial charge in [0.05, 0.1) is 6.42 Å². The number of carboxylic acids is 1. The molecule has 1 aromatic carbocycles. The summed E-state index contributed by atoms with van der Waals surface area (Å²) >= 11 is 0. The largest absolute Gasteiger partial charge is 0.481 e. The van der Waals surface area contributed by atoms with E-state index >= 15 is 0 Å². The maximum Gasteiger partial charge on any atom is 0.315 e. The molecule has 0 fully saturated rings. The molecule has 0 spiro atoms. The zero-order chi connectivity index (χ0) is 15.7. The summed E-state index contributed by atoms with van der Waals surface area (Å²) in [6, 6.07) is 7.40. The second-order valence-electron chi connectivity index (χ2n) is 5.08. The molecule has 1 unspecified atom stereocenters. The molecule has 5 heteroatoms. The molecular weight excluding hydrogens is 268 g/mol. The molecule has 0 saturated carbocycles. The van der Waals surface area contributed by atoms with Gasteiger partial charge in [-0.2, -0.15) is 0 Å². The van der Waals surface area contributed by atoms with Crippen LogP contribution in [0.25, 0.3) is 0 Å². The minimum atomic E-state index is -0.899. The van der Waals surface area contributed by atoms with E-state index in [2.05, 4.69) is 17.6 Å². The fourth-order valence-electron chi connectivity index (χ4n) is 2.10. The number of rotatable bonds is 8. The Morgan fingerprint density at radius 1 is 1.14 bits per heavy atom. The maximum atomic E-state index is 11.8. The molecule has 116 valence electrons. The van der Waals surface area contributed by atoms with Crippen LogP contribution >= 0.6 is 0 Å². The number of hydrogen-bond donors (Lipinski definition) is 3. The number of hydrogen-bond acceptors (Lipinski definition) is 2. The van der Waals surface area contributed by atoms with Gasteiger partial charge in [-0.25, -0.2) is 4.79 Å². The summed E-state index contributed by atoms with van der Waals surface area (Å²) in [7, 11) is 0. The van der Waals surface area contributed by atoms with Crippen molar-refractivity contribution in [2.75, 3.05) is 0 Å². The Morgan fingerprint density at radius 2 is 1.76 bits per heavy atom. The first-order valence-electron chi connectivity index (χ1n) is 7.39. The van der Waals surface area contributed by atoms with Gasteiger partial charge in [0.2, 0.25) is 0 Å². The van der Waals surface area contributed by atoms with Crippen molar-refractivity contribution in [2.24, 2.45) is 0 Å². The van der Waals surface area contributed by atoms with Crippen LogP contribution in [0.2, 0.25) is 0 Å². The van der Waals surface area contributed by atoms with Gasteiger partial charge in [-0.15, -0.1) is 0 Å². The molecule has 1 aromatic rings. The van der Waals surface area contributed by atoms with E-state index in [0.717, 1.165) is 18.4 Å². The summed E-state index contributed by atoms with van der Waals surface area (Å²) < 4.78 is 0. The van der Waals surface area contributed by atoms with Crippen molar-refractivity contribution in [3.05, 3.63) is 35.4 Å². The number of aliphatic carboxylic acids is 1. The lowest BCUT2D eigenvalue weighted by Gasteiger charge is -2.16. The lowest BCUT2D eigenvalue weighted by molar-refractivity contribution is -0.137. The lowest BCUT2D eigenvalue weighted by atomic mass is 10.1. The Hall–Kier alpha value is -2.04. The minimum Gasteiger partial charge on any atom is -0.481 e. The molecule has 0 saturated heterocycles. The van der Waals surface area contributed by atoms with Crippen molar-refractivity contribution in [1.82, 2.24) is 10.6 Å². The third kappa shape index (κ3) is 6.79. The smallest absolute Gasteiger partial charge is 0.315 e. The molecule has 2 amide bonds. The molecular formula is C16H24N2O3. The second-order valence-corrected chi connectivity index (χ2v) is 5.08. The number of amides is 2. The molecule has 21 heavy (non-hydrogen) atoms. The van der Waals surface area contributed by atoms with Crippen LogP contribution in [0.5, 0.6) is 0 Å². The van der Waals surface area contributed by atoms with Crippen LogP contribution in [-0.4, -0.2) is 23.1 Å². The Balaban J connectivity index is 2.42. The summed E-state index contributed by atoms with van der Waals surface area (Å²) in [6.07, 6.45) is 2.43. The predicted molar refractivity (Wildman–Crippen MR) is 82.1 cm³/mol. The third-order valence-electron chi connectivity index (χ3n) is 3.28. The van der Waals surface area contributed by atoms with Crippen molar-refractivity contribution >= 4 is 12.0 Å². The topological polar surface area (TPSA) is 78.4 Å². The molecule has 0 radical (unpaired) electrons. The van der Waals surface area contributed by atoms with E-state index in [1.165, 1.54) is 5.56 Å². The fourth-order valence-corrected chi connectivity index (χ4v) is 2.10. The van der Waals surface area contributed by atoms with E-state index in [-0.39, 0.29) is 18.5 Å². The fraction of sp³-hybridized carbons (Fsp3) is 0.500. The molecule has 0 aliphatic carbocycles. The van der Waals surface area contributed by atoms with Crippen LogP contribution < -0.4 is 10.6 Å². The number of carboxylic acid groups (broad SMARTS) is 1. The third-order valence-corrected chi connectivity index (χ3v) is 3.28. The van der Waals surface area contributed by atoms with E-state index in [4.69, 9.17) is 5.11 Å². The summed E-state index contributed by atoms with van der Waals surface area (Å²) in [6.45, 7) is 4.49. The predicted octanol–water partition coefficient (Wildman–Crippen LogP) is 2.69. The normalized spacial score (nSPS) is 11.7. The second kappa shape index (κ2) is 9.00. The van der Waals surface area contributed by atoms with Crippen LogP contribution in [0.1, 0.15) is 44.2 Å². The highest BCUT2D eigenvalue weighted by Crippen LogP contribution is 2.05. The summed E-state index contributed by atoms with van der Waals surface area (Å²) in [4.78, 5) is 22.5. The standard InChI is InChI=1S/C16H24N2O3/c1-3-5-14(10-15(19)20)18-16(21)17-11-13-8-6-12(4-2)7-9-13/h6-9,14H,3-5,10-11H2,1-2H3,(H,19,20)(H2,17,18,21). The average molecular weight is 292 g/mol. The van der Waals surface area contributed by atoms with E-state index in [1.807, 2.05) is 31.2 Å². The molecule has 0 aliphatic rings. The highest BCUT2D eigenvalue weighted by atomic mass is 16.4. The lowest BCUT2D eigenvalue weighted by Crippen LogP contribution is -2.42. The summed E-state index contributed by atoms with van der Waals surface area (Å²) in [5.74, 6) is -0.899. The minimum absolute atomic E-state index is 0.0491. The number of benzene rings is 1. The monoisotopic (exact) mass is 292 g/mol. The highest BCUT2D eigenvalue weighted by molar-refractivity contribution is 5.75. The van der Waals surface area contributed by atoms with Gasteiger partial charge in [-0.3, -0.25) is 4.79 Å².